The number of aromatic carboxylic acids is 1. The Labute approximate surface area is 109 Å². The van der Waals surface area contributed by atoms with E-state index in [1.54, 1.807) is 19.2 Å². The minimum Gasteiger partial charge on any atom is -0.478 e. The van der Waals surface area contributed by atoms with Crippen molar-refractivity contribution in [1.82, 2.24) is 4.57 Å². The number of carboxylic acids is 1. The molecular formula is C14H13NO4. The van der Waals surface area contributed by atoms with E-state index in [0.29, 0.717) is 12.3 Å². The van der Waals surface area contributed by atoms with E-state index in [1.165, 1.54) is 22.9 Å². The first-order valence-electron chi connectivity index (χ1n) is 5.66. The lowest BCUT2D eigenvalue weighted by Gasteiger charge is -2.11. The quantitative estimate of drug-likeness (QED) is 0.907. The summed E-state index contributed by atoms with van der Waals surface area (Å²) in [6.07, 6.45) is 1.32. The number of pyridine rings is 1. The number of nitrogens with zero attached hydrogens (tertiary/aromatic N) is 1. The van der Waals surface area contributed by atoms with Crippen LogP contribution in [0.3, 0.4) is 0 Å². The molecular weight excluding hydrogens is 246 g/mol. The van der Waals surface area contributed by atoms with Crippen LogP contribution in [0.2, 0.25) is 0 Å². The SMILES string of the molecule is COCc1ccccc1-n1cc(C(=O)O)ccc1=O. The van der Waals surface area contributed by atoms with Gasteiger partial charge in [0, 0.05) is 24.9 Å². The monoisotopic (exact) mass is 259 g/mol. The third-order valence-corrected chi connectivity index (χ3v) is 2.71. The molecule has 0 atom stereocenters. The van der Waals surface area contributed by atoms with Gasteiger partial charge < -0.3 is 9.84 Å². The number of methoxy groups -OCH3 is 1. The largest absolute Gasteiger partial charge is 0.478 e. The Hall–Kier alpha value is -2.40. The first-order chi connectivity index (χ1) is 9.13. The molecule has 1 aromatic carbocycles. The number of rotatable bonds is 4. The molecule has 19 heavy (non-hydrogen) atoms. The second kappa shape index (κ2) is 5.49. The van der Waals surface area contributed by atoms with Crippen molar-refractivity contribution in [2.45, 2.75) is 6.61 Å². The molecule has 1 heterocycles. The van der Waals surface area contributed by atoms with Crippen LogP contribution >= 0.6 is 0 Å². The molecule has 0 saturated carbocycles. The highest BCUT2D eigenvalue weighted by molar-refractivity contribution is 5.87. The Morgan fingerprint density at radius 3 is 2.68 bits per heavy atom. The first-order valence-corrected chi connectivity index (χ1v) is 5.66. The highest BCUT2D eigenvalue weighted by atomic mass is 16.5. The lowest BCUT2D eigenvalue weighted by atomic mass is 10.1. The first kappa shape index (κ1) is 13.0. The molecule has 1 aromatic heterocycles. The smallest absolute Gasteiger partial charge is 0.337 e. The predicted molar refractivity (Wildman–Crippen MR) is 69.7 cm³/mol. The van der Waals surface area contributed by atoms with Crippen molar-refractivity contribution >= 4 is 5.97 Å². The topological polar surface area (TPSA) is 68.5 Å². The predicted octanol–water partition coefficient (Wildman–Crippen LogP) is 1.68. The Bertz CT molecular complexity index is 660. The number of benzene rings is 1. The fourth-order valence-electron chi connectivity index (χ4n) is 1.83. The Morgan fingerprint density at radius 1 is 1.26 bits per heavy atom. The standard InChI is InChI=1S/C14H13NO4/c1-19-9-11-4-2-3-5-12(11)15-8-10(14(17)18)6-7-13(15)16/h2-8H,9H2,1H3,(H,17,18). The molecule has 0 radical (unpaired) electrons. The van der Waals surface area contributed by atoms with Gasteiger partial charge in [0.2, 0.25) is 0 Å². The maximum absolute atomic E-state index is 11.9. The highest BCUT2D eigenvalue weighted by Crippen LogP contribution is 2.14. The van der Waals surface area contributed by atoms with Crippen LogP contribution in [0.5, 0.6) is 0 Å². The molecule has 0 saturated heterocycles. The zero-order valence-electron chi connectivity index (χ0n) is 10.4. The molecule has 2 rings (SSSR count). The molecule has 1 N–H and O–H groups in total. The number of carbonyl (C=O) groups is 1. The van der Waals surface area contributed by atoms with Crippen LogP contribution in [-0.4, -0.2) is 22.8 Å². The average Bonchev–Trinajstić information content (AvgIpc) is 2.40. The highest BCUT2D eigenvalue weighted by Gasteiger charge is 2.09. The Morgan fingerprint density at radius 2 is 2.00 bits per heavy atom. The summed E-state index contributed by atoms with van der Waals surface area (Å²) in [7, 11) is 1.56. The second-order valence-electron chi connectivity index (χ2n) is 3.99. The summed E-state index contributed by atoms with van der Waals surface area (Å²) in [6.45, 7) is 0.347. The number of aromatic nitrogens is 1. The lowest BCUT2D eigenvalue weighted by molar-refractivity contribution is 0.0696. The number of hydrogen-bond acceptors (Lipinski definition) is 3. The maximum Gasteiger partial charge on any atom is 0.337 e. The van der Waals surface area contributed by atoms with E-state index < -0.39 is 5.97 Å². The Balaban J connectivity index is 2.61. The van der Waals surface area contributed by atoms with Gasteiger partial charge in [-0.3, -0.25) is 9.36 Å². The molecule has 0 bridgehead atoms. The summed E-state index contributed by atoms with van der Waals surface area (Å²) in [5, 5.41) is 8.98. The van der Waals surface area contributed by atoms with Crippen LogP contribution in [0.15, 0.2) is 47.4 Å². The minimum absolute atomic E-state index is 0.0619. The van der Waals surface area contributed by atoms with Crippen molar-refractivity contribution < 1.29 is 14.6 Å². The van der Waals surface area contributed by atoms with E-state index in [4.69, 9.17) is 9.84 Å². The molecule has 5 nitrogen and oxygen atoms in total. The summed E-state index contributed by atoms with van der Waals surface area (Å²) in [5.41, 5.74) is 1.22. The van der Waals surface area contributed by atoms with Gasteiger partial charge in [0.05, 0.1) is 17.9 Å². The van der Waals surface area contributed by atoms with Crippen molar-refractivity contribution in [3.05, 3.63) is 64.1 Å². The number of carboxylic acid groups (broad SMARTS) is 1. The molecule has 5 heteroatoms. The van der Waals surface area contributed by atoms with Crippen molar-refractivity contribution in [1.29, 1.82) is 0 Å². The lowest BCUT2D eigenvalue weighted by Crippen LogP contribution is -2.19. The van der Waals surface area contributed by atoms with Gasteiger partial charge in [-0.05, 0) is 12.1 Å². The van der Waals surface area contributed by atoms with Gasteiger partial charge in [-0.1, -0.05) is 18.2 Å². The van der Waals surface area contributed by atoms with Crippen molar-refractivity contribution in [3.8, 4) is 5.69 Å². The van der Waals surface area contributed by atoms with Gasteiger partial charge in [0.15, 0.2) is 0 Å². The minimum atomic E-state index is -1.07. The van der Waals surface area contributed by atoms with Gasteiger partial charge in [0.25, 0.3) is 5.56 Å². The Kier molecular flexibility index (Phi) is 3.77. The molecule has 0 aliphatic rings. The van der Waals surface area contributed by atoms with Crippen LogP contribution < -0.4 is 5.56 Å². The van der Waals surface area contributed by atoms with Crippen LogP contribution in [0, 0.1) is 0 Å². The number of para-hydroxylation sites is 1. The van der Waals surface area contributed by atoms with Gasteiger partial charge >= 0.3 is 5.97 Å². The zero-order chi connectivity index (χ0) is 13.8. The van der Waals surface area contributed by atoms with Crippen molar-refractivity contribution in [3.63, 3.8) is 0 Å². The summed E-state index contributed by atoms with van der Waals surface area (Å²) >= 11 is 0. The summed E-state index contributed by atoms with van der Waals surface area (Å²) < 4.78 is 6.39. The molecule has 0 spiro atoms. The van der Waals surface area contributed by atoms with Crippen LogP contribution in [0.25, 0.3) is 5.69 Å². The molecule has 0 unspecified atom stereocenters. The van der Waals surface area contributed by atoms with Crippen LogP contribution in [-0.2, 0) is 11.3 Å². The normalized spacial score (nSPS) is 10.4. The van der Waals surface area contributed by atoms with Crippen molar-refractivity contribution in [2.75, 3.05) is 7.11 Å². The van der Waals surface area contributed by atoms with E-state index in [0.717, 1.165) is 5.56 Å². The second-order valence-corrected chi connectivity index (χ2v) is 3.99. The zero-order valence-corrected chi connectivity index (χ0v) is 10.4. The fraction of sp³-hybridized carbons (Fsp3) is 0.143. The van der Waals surface area contributed by atoms with Gasteiger partial charge in [-0.2, -0.15) is 0 Å². The van der Waals surface area contributed by atoms with Crippen molar-refractivity contribution in [2.24, 2.45) is 0 Å². The molecule has 2 aromatic rings. The van der Waals surface area contributed by atoms with Crippen LogP contribution in [0.1, 0.15) is 15.9 Å². The summed E-state index contributed by atoms with van der Waals surface area (Å²) in [6, 6.07) is 9.74. The van der Waals surface area contributed by atoms with E-state index in [-0.39, 0.29) is 11.1 Å². The molecule has 0 fully saturated rings. The van der Waals surface area contributed by atoms with E-state index in [2.05, 4.69) is 0 Å². The van der Waals surface area contributed by atoms with Gasteiger partial charge in [-0.25, -0.2) is 4.79 Å². The van der Waals surface area contributed by atoms with Crippen LogP contribution in [0.4, 0.5) is 0 Å². The average molecular weight is 259 g/mol. The van der Waals surface area contributed by atoms with Gasteiger partial charge in [-0.15, -0.1) is 0 Å². The van der Waals surface area contributed by atoms with Gasteiger partial charge in [0.1, 0.15) is 0 Å². The maximum atomic E-state index is 11.9. The molecule has 0 amide bonds. The third kappa shape index (κ3) is 2.71. The van der Waals surface area contributed by atoms with E-state index >= 15 is 0 Å². The summed E-state index contributed by atoms with van der Waals surface area (Å²) in [5.74, 6) is -1.07. The molecule has 0 aliphatic carbocycles. The molecule has 0 aliphatic heterocycles. The number of ether oxygens (including phenoxy) is 1. The number of hydrogen-bond donors (Lipinski definition) is 1. The summed E-state index contributed by atoms with van der Waals surface area (Å²) in [4.78, 5) is 22.8. The van der Waals surface area contributed by atoms with E-state index in [9.17, 15) is 9.59 Å². The molecule has 98 valence electrons. The fourth-order valence-corrected chi connectivity index (χ4v) is 1.83. The third-order valence-electron chi connectivity index (χ3n) is 2.71. The van der Waals surface area contributed by atoms with E-state index in [1.807, 2.05) is 12.1 Å².